The van der Waals surface area contributed by atoms with Crippen LogP contribution in [-0.2, 0) is 9.47 Å². The fraction of sp³-hybridized carbons (Fsp3) is 0.333. The van der Waals surface area contributed by atoms with Gasteiger partial charge in [0.25, 0.3) is 5.56 Å². The minimum absolute atomic E-state index is 0.215. The van der Waals surface area contributed by atoms with Gasteiger partial charge >= 0.3 is 11.9 Å². The summed E-state index contributed by atoms with van der Waals surface area (Å²) in [6.07, 6.45) is 3.03. The van der Waals surface area contributed by atoms with Gasteiger partial charge in [-0.3, -0.25) is 9.89 Å². The molecule has 0 unspecified atom stereocenters. The van der Waals surface area contributed by atoms with Gasteiger partial charge in [-0.15, -0.1) is 11.3 Å². The molecule has 33 heavy (non-hydrogen) atoms. The predicted molar refractivity (Wildman–Crippen MR) is 129 cm³/mol. The van der Waals surface area contributed by atoms with E-state index in [1.54, 1.807) is 20.8 Å². The zero-order valence-electron chi connectivity index (χ0n) is 19.1. The molecule has 9 heteroatoms. The van der Waals surface area contributed by atoms with E-state index in [9.17, 15) is 14.4 Å². The normalized spacial score (nSPS) is 11.2. The van der Waals surface area contributed by atoms with Crippen LogP contribution in [0.15, 0.2) is 40.1 Å². The number of benzene rings is 1. The monoisotopic (exact) mass is 469 g/mol. The number of hydrogen-bond acceptors (Lipinski definition) is 7. The number of aromatic nitrogens is 2. The topological polar surface area (TPSA) is 103 Å². The lowest BCUT2D eigenvalue weighted by atomic mass is 10.1. The number of para-hydroxylation sites is 1. The lowest BCUT2D eigenvalue weighted by Crippen LogP contribution is -2.17. The Labute approximate surface area is 195 Å². The number of unbranched alkanes of at least 4 members (excludes halogenated alkanes) is 1. The zero-order chi connectivity index (χ0) is 24.0. The van der Waals surface area contributed by atoms with E-state index in [1.165, 1.54) is 10.9 Å². The van der Waals surface area contributed by atoms with Gasteiger partial charge in [0.15, 0.2) is 0 Å². The third kappa shape index (κ3) is 5.31. The molecule has 0 saturated heterocycles. The van der Waals surface area contributed by atoms with Crippen LogP contribution in [0.25, 0.3) is 5.69 Å². The van der Waals surface area contributed by atoms with Crippen molar-refractivity contribution in [1.82, 2.24) is 9.78 Å². The summed E-state index contributed by atoms with van der Waals surface area (Å²) in [6.45, 7) is 7.65. The molecule has 0 radical (unpaired) electrons. The highest BCUT2D eigenvalue weighted by Gasteiger charge is 2.26. The maximum atomic E-state index is 12.9. The van der Waals surface area contributed by atoms with Crippen LogP contribution in [0.1, 0.15) is 63.5 Å². The Balaban J connectivity index is 2.01. The molecule has 0 aliphatic carbocycles. The van der Waals surface area contributed by atoms with Gasteiger partial charge in [0.1, 0.15) is 15.4 Å². The highest BCUT2D eigenvalue weighted by molar-refractivity contribution is 7.18. The van der Waals surface area contributed by atoms with Crippen molar-refractivity contribution in [1.29, 1.82) is 0 Å². The lowest BCUT2D eigenvalue weighted by molar-refractivity contribution is 0.0500. The molecule has 0 bridgehead atoms. The second kappa shape index (κ2) is 10.9. The summed E-state index contributed by atoms with van der Waals surface area (Å²) in [7, 11) is 0. The van der Waals surface area contributed by atoms with Gasteiger partial charge in [-0.05, 0) is 44.9 Å². The van der Waals surface area contributed by atoms with E-state index in [-0.39, 0.29) is 24.3 Å². The Kier molecular flexibility index (Phi) is 8.00. The Morgan fingerprint density at radius 1 is 1.12 bits per heavy atom. The number of nitrogens with zero attached hydrogens (tertiary/aromatic N) is 2. The molecule has 174 valence electrons. The number of esters is 2. The van der Waals surface area contributed by atoms with Gasteiger partial charge in [0, 0.05) is 11.9 Å². The quantitative estimate of drug-likeness (QED) is 0.277. The Morgan fingerprint density at radius 2 is 1.85 bits per heavy atom. The van der Waals surface area contributed by atoms with Crippen molar-refractivity contribution in [3.05, 3.63) is 67.9 Å². The molecule has 3 aromatic rings. The van der Waals surface area contributed by atoms with Gasteiger partial charge in [0.05, 0.1) is 24.5 Å². The van der Waals surface area contributed by atoms with Crippen LogP contribution in [0.5, 0.6) is 0 Å². The minimum atomic E-state index is -0.549. The van der Waals surface area contributed by atoms with Gasteiger partial charge in [-0.2, -0.15) is 0 Å². The van der Waals surface area contributed by atoms with Crippen LogP contribution in [-0.4, -0.2) is 41.1 Å². The maximum Gasteiger partial charge on any atom is 0.348 e. The number of ether oxygens (including phenoxy) is 2. The first-order valence-corrected chi connectivity index (χ1v) is 11.6. The molecule has 1 aromatic carbocycles. The van der Waals surface area contributed by atoms with Crippen molar-refractivity contribution < 1.29 is 19.1 Å². The summed E-state index contributed by atoms with van der Waals surface area (Å²) in [5, 5.41) is 3.33. The van der Waals surface area contributed by atoms with Crippen LogP contribution in [0, 0.1) is 13.8 Å². The van der Waals surface area contributed by atoms with Gasteiger partial charge in [-0.1, -0.05) is 31.5 Å². The number of carbonyl (C=O) groups is 2. The van der Waals surface area contributed by atoms with Crippen LogP contribution in [0.3, 0.4) is 0 Å². The number of nitrogens with one attached hydrogen (secondary N) is 1. The summed E-state index contributed by atoms with van der Waals surface area (Å²) in [5.41, 5.74) is 2.08. The SMILES string of the molecule is CCCCOC(=O)c1c(/N=C/c2c(C)[nH]n(-c3ccccc3)c2=O)sc(C(=O)OCC)c1C. The zero-order valence-corrected chi connectivity index (χ0v) is 20.0. The van der Waals surface area contributed by atoms with E-state index in [2.05, 4.69) is 10.1 Å². The van der Waals surface area contributed by atoms with Crippen LogP contribution < -0.4 is 5.56 Å². The van der Waals surface area contributed by atoms with E-state index in [4.69, 9.17) is 9.47 Å². The largest absolute Gasteiger partial charge is 0.462 e. The fourth-order valence-electron chi connectivity index (χ4n) is 3.20. The second-order valence-electron chi connectivity index (χ2n) is 7.33. The van der Waals surface area contributed by atoms with Crippen molar-refractivity contribution in [2.45, 2.75) is 40.5 Å². The number of carbonyl (C=O) groups excluding carboxylic acids is 2. The van der Waals surface area contributed by atoms with Crippen LogP contribution in [0.4, 0.5) is 5.00 Å². The second-order valence-corrected chi connectivity index (χ2v) is 8.33. The van der Waals surface area contributed by atoms with Gasteiger partial charge in [-0.25, -0.2) is 19.3 Å². The number of hydrogen-bond donors (Lipinski definition) is 1. The van der Waals surface area contributed by atoms with Crippen molar-refractivity contribution in [3.8, 4) is 5.69 Å². The van der Waals surface area contributed by atoms with Crippen molar-refractivity contribution in [3.63, 3.8) is 0 Å². The number of H-pyrrole nitrogens is 1. The average molecular weight is 470 g/mol. The number of rotatable bonds is 9. The molecule has 8 nitrogen and oxygen atoms in total. The Hall–Kier alpha value is -3.46. The molecule has 0 fully saturated rings. The Bertz CT molecular complexity index is 1220. The van der Waals surface area contributed by atoms with Crippen LogP contribution >= 0.6 is 11.3 Å². The third-order valence-corrected chi connectivity index (χ3v) is 6.15. The predicted octanol–water partition coefficient (Wildman–Crippen LogP) is 4.73. The molecular weight excluding hydrogens is 442 g/mol. The lowest BCUT2D eigenvalue weighted by Gasteiger charge is -2.05. The number of aliphatic imine (C=N–C) groups is 1. The van der Waals surface area contributed by atoms with Gasteiger partial charge in [0.2, 0.25) is 0 Å². The molecule has 1 N–H and O–H groups in total. The molecular formula is C24H27N3O5S. The van der Waals surface area contributed by atoms with Crippen molar-refractivity contribution in [2.75, 3.05) is 13.2 Å². The third-order valence-electron chi connectivity index (χ3n) is 4.97. The summed E-state index contributed by atoms with van der Waals surface area (Å²) >= 11 is 1.04. The average Bonchev–Trinajstić information content (AvgIpc) is 3.28. The van der Waals surface area contributed by atoms with Crippen LogP contribution in [0.2, 0.25) is 0 Å². The molecule has 2 aromatic heterocycles. The highest BCUT2D eigenvalue weighted by atomic mass is 32.1. The van der Waals surface area contributed by atoms with E-state index < -0.39 is 11.9 Å². The molecule has 0 aliphatic rings. The van der Waals surface area contributed by atoms with E-state index in [0.717, 1.165) is 24.2 Å². The smallest absolute Gasteiger partial charge is 0.348 e. The molecule has 3 rings (SSSR count). The van der Waals surface area contributed by atoms with E-state index in [1.807, 2.05) is 37.3 Å². The molecule has 0 amide bonds. The first-order valence-electron chi connectivity index (χ1n) is 10.8. The number of aryl methyl sites for hydroxylation is 1. The van der Waals surface area contributed by atoms with Crippen molar-refractivity contribution in [2.24, 2.45) is 4.99 Å². The number of thiophene rings is 1. The number of aromatic amines is 1. The maximum absolute atomic E-state index is 12.9. The van der Waals surface area contributed by atoms with E-state index >= 15 is 0 Å². The summed E-state index contributed by atoms with van der Waals surface area (Å²) in [5.74, 6) is -1.07. The van der Waals surface area contributed by atoms with E-state index in [0.29, 0.717) is 32.4 Å². The molecule has 0 spiro atoms. The first kappa shape index (κ1) is 24.2. The molecule has 0 atom stereocenters. The molecule has 0 aliphatic heterocycles. The van der Waals surface area contributed by atoms with Gasteiger partial charge < -0.3 is 9.47 Å². The Morgan fingerprint density at radius 3 is 2.52 bits per heavy atom. The molecule has 2 heterocycles. The molecule has 0 saturated carbocycles. The minimum Gasteiger partial charge on any atom is -0.462 e. The fourth-order valence-corrected chi connectivity index (χ4v) is 4.23. The summed E-state index contributed by atoms with van der Waals surface area (Å²) < 4.78 is 11.9. The standard InChI is InChI=1S/C24H27N3O5S/c1-5-7-13-32-23(29)19-15(3)20(24(30)31-6-2)33-21(19)25-14-18-16(4)26-27(22(18)28)17-11-9-8-10-12-17/h8-12,14,26H,5-7,13H2,1-4H3/b25-14+. The van der Waals surface area contributed by atoms with Crippen molar-refractivity contribution >= 4 is 34.5 Å². The highest BCUT2D eigenvalue weighted by Crippen LogP contribution is 2.36. The summed E-state index contributed by atoms with van der Waals surface area (Å²) in [6, 6.07) is 9.18. The summed E-state index contributed by atoms with van der Waals surface area (Å²) in [4.78, 5) is 42.8. The first-order chi connectivity index (χ1) is 15.9.